The Morgan fingerprint density at radius 3 is 2.20 bits per heavy atom. The molecule has 2 aliphatic rings. The van der Waals surface area contributed by atoms with Crippen LogP contribution in [0, 0.1) is 12.3 Å². The molecule has 35 heavy (non-hydrogen) atoms. The summed E-state index contributed by atoms with van der Waals surface area (Å²) >= 11 is 0. The fraction of sp³-hybridized carbons (Fsp3) is 0.500. The lowest BCUT2D eigenvalue weighted by Gasteiger charge is -2.27. The molecule has 1 saturated heterocycles. The number of ether oxygens (including phenoxy) is 4. The second kappa shape index (κ2) is 13.6. The third-order valence-corrected chi connectivity index (χ3v) is 5.32. The molecule has 0 radical (unpaired) electrons. The van der Waals surface area contributed by atoms with Crippen LogP contribution in [-0.2, 0) is 28.5 Å². The van der Waals surface area contributed by atoms with Gasteiger partial charge in [0.15, 0.2) is 0 Å². The molecule has 1 atom stereocenters. The number of nitrogens with one attached hydrogen (secondary N) is 2. The monoisotopic (exact) mass is 487 g/mol. The number of nitrogens with zero attached hydrogens (tertiary/aromatic N) is 1. The van der Waals surface area contributed by atoms with Crippen molar-refractivity contribution in [3.63, 3.8) is 0 Å². The number of amides is 4. The number of anilines is 1. The molecule has 0 aromatic heterocycles. The highest BCUT2D eigenvalue weighted by Gasteiger charge is 2.44. The summed E-state index contributed by atoms with van der Waals surface area (Å²) in [6, 6.07) is 3.86. The Hall–Kier alpha value is -3.30. The van der Waals surface area contributed by atoms with Crippen LogP contribution in [0.4, 0.5) is 5.69 Å². The molecule has 2 N–H and O–H groups in total. The third-order valence-electron chi connectivity index (χ3n) is 5.32. The van der Waals surface area contributed by atoms with Gasteiger partial charge >= 0.3 is 0 Å². The van der Waals surface area contributed by atoms with Crippen molar-refractivity contribution in [1.82, 2.24) is 10.2 Å². The minimum Gasteiger partial charge on any atom is -0.383 e. The van der Waals surface area contributed by atoms with E-state index in [4.69, 9.17) is 25.4 Å². The van der Waals surface area contributed by atoms with E-state index in [0.717, 1.165) is 4.90 Å². The van der Waals surface area contributed by atoms with Gasteiger partial charge in [-0.3, -0.25) is 29.4 Å². The second-order valence-corrected chi connectivity index (χ2v) is 7.73. The number of hydrogen-bond acceptors (Lipinski definition) is 9. The maximum atomic E-state index is 12.8. The number of piperidine rings is 1. The number of benzene rings is 1. The maximum absolute atomic E-state index is 12.8. The van der Waals surface area contributed by atoms with Gasteiger partial charge in [0.1, 0.15) is 12.6 Å². The van der Waals surface area contributed by atoms with Gasteiger partial charge in [0, 0.05) is 18.7 Å². The molecule has 0 saturated carbocycles. The van der Waals surface area contributed by atoms with Crippen LogP contribution in [-0.4, -0.2) is 94.0 Å². The first-order chi connectivity index (χ1) is 17.0. The highest BCUT2D eigenvalue weighted by Crippen LogP contribution is 2.29. The maximum Gasteiger partial charge on any atom is 0.262 e. The van der Waals surface area contributed by atoms with Crippen LogP contribution >= 0.6 is 0 Å². The van der Waals surface area contributed by atoms with E-state index >= 15 is 0 Å². The molecular formula is C24H29N3O8. The number of carbonyl (C=O) groups is 4. The smallest absolute Gasteiger partial charge is 0.262 e. The lowest BCUT2D eigenvalue weighted by Crippen LogP contribution is -2.54. The molecule has 1 aromatic rings. The summed E-state index contributed by atoms with van der Waals surface area (Å²) < 4.78 is 21.3. The zero-order chi connectivity index (χ0) is 25.0. The molecule has 0 aliphatic carbocycles. The van der Waals surface area contributed by atoms with E-state index < -0.39 is 29.7 Å². The second-order valence-electron chi connectivity index (χ2n) is 7.73. The minimum atomic E-state index is -0.980. The zero-order valence-electron chi connectivity index (χ0n) is 19.4. The molecule has 1 aromatic carbocycles. The Kier molecular flexibility index (Phi) is 10.2. The largest absolute Gasteiger partial charge is 0.383 e. The lowest BCUT2D eigenvalue weighted by molar-refractivity contribution is -0.136. The van der Waals surface area contributed by atoms with E-state index in [1.807, 2.05) is 0 Å². The van der Waals surface area contributed by atoms with Gasteiger partial charge in [0.2, 0.25) is 11.8 Å². The predicted molar refractivity (Wildman–Crippen MR) is 124 cm³/mol. The molecule has 4 amide bonds. The molecule has 0 bridgehead atoms. The standard InChI is InChI=1S/C24H29N3O8/c1-2-8-32-10-12-34-14-15-35-13-11-33-9-7-25-17-3-4-18-19(16-17)24(31)27(23(18)30)20-5-6-21(28)26-22(20)29/h1,3-4,16,20,25H,5-15H2,(H,26,28,29). The van der Waals surface area contributed by atoms with Crippen LogP contribution in [0.1, 0.15) is 33.6 Å². The summed E-state index contributed by atoms with van der Waals surface area (Å²) in [5.41, 5.74) is 1.12. The average molecular weight is 488 g/mol. The van der Waals surface area contributed by atoms with Crippen LogP contribution in [0.2, 0.25) is 0 Å². The average Bonchev–Trinajstić information content (AvgIpc) is 3.09. The van der Waals surface area contributed by atoms with Crippen LogP contribution in [0.5, 0.6) is 0 Å². The van der Waals surface area contributed by atoms with Crippen molar-refractivity contribution in [2.45, 2.75) is 18.9 Å². The highest BCUT2D eigenvalue weighted by molar-refractivity contribution is 6.23. The third kappa shape index (κ3) is 7.34. The van der Waals surface area contributed by atoms with E-state index in [0.29, 0.717) is 58.5 Å². The first-order valence-corrected chi connectivity index (χ1v) is 11.4. The molecule has 0 spiro atoms. The van der Waals surface area contributed by atoms with Gasteiger partial charge in [-0.2, -0.15) is 0 Å². The van der Waals surface area contributed by atoms with Gasteiger partial charge in [-0.05, 0) is 24.6 Å². The minimum absolute atomic E-state index is 0.0819. The number of carbonyl (C=O) groups excluding carboxylic acids is 4. The lowest BCUT2D eigenvalue weighted by atomic mass is 10.0. The van der Waals surface area contributed by atoms with E-state index in [-0.39, 0.29) is 30.6 Å². The van der Waals surface area contributed by atoms with Crippen molar-refractivity contribution in [3.8, 4) is 12.3 Å². The summed E-state index contributed by atoms with van der Waals surface area (Å²) in [6.07, 6.45) is 5.27. The normalized spacial score (nSPS) is 17.3. The van der Waals surface area contributed by atoms with Crippen LogP contribution in [0.25, 0.3) is 0 Å². The van der Waals surface area contributed by atoms with Crippen LogP contribution < -0.4 is 10.6 Å². The number of fused-ring (bicyclic) bond motifs is 1. The van der Waals surface area contributed by atoms with Crippen molar-refractivity contribution in [2.24, 2.45) is 0 Å². The summed E-state index contributed by atoms with van der Waals surface area (Å²) in [4.78, 5) is 50.0. The van der Waals surface area contributed by atoms with Crippen molar-refractivity contribution in [3.05, 3.63) is 29.3 Å². The molecule has 11 nitrogen and oxygen atoms in total. The quantitative estimate of drug-likeness (QED) is 0.202. The fourth-order valence-corrected chi connectivity index (χ4v) is 3.64. The zero-order valence-corrected chi connectivity index (χ0v) is 19.4. The van der Waals surface area contributed by atoms with E-state index in [1.165, 1.54) is 0 Å². The molecular weight excluding hydrogens is 458 g/mol. The number of rotatable bonds is 15. The van der Waals surface area contributed by atoms with Crippen LogP contribution in [0.3, 0.4) is 0 Å². The summed E-state index contributed by atoms with van der Waals surface area (Å²) in [6.45, 7) is 3.86. The topological polar surface area (TPSA) is 132 Å². The summed E-state index contributed by atoms with van der Waals surface area (Å²) in [5.74, 6) is 0.266. The Morgan fingerprint density at radius 2 is 1.54 bits per heavy atom. The van der Waals surface area contributed by atoms with Gasteiger partial charge < -0.3 is 24.3 Å². The fourth-order valence-electron chi connectivity index (χ4n) is 3.64. The Labute approximate surface area is 203 Å². The van der Waals surface area contributed by atoms with E-state index in [2.05, 4.69) is 16.6 Å². The van der Waals surface area contributed by atoms with Gasteiger partial charge in [-0.15, -0.1) is 6.42 Å². The number of imide groups is 2. The molecule has 188 valence electrons. The van der Waals surface area contributed by atoms with E-state index in [9.17, 15) is 19.2 Å². The van der Waals surface area contributed by atoms with Gasteiger partial charge in [-0.1, -0.05) is 5.92 Å². The molecule has 1 fully saturated rings. The number of hydrogen-bond donors (Lipinski definition) is 2. The molecule has 2 heterocycles. The molecule has 1 unspecified atom stereocenters. The first kappa shape index (κ1) is 26.3. The van der Waals surface area contributed by atoms with Crippen molar-refractivity contribution in [2.75, 3.05) is 64.7 Å². The van der Waals surface area contributed by atoms with Gasteiger partial charge in [0.05, 0.1) is 57.4 Å². The van der Waals surface area contributed by atoms with Crippen LogP contribution in [0.15, 0.2) is 18.2 Å². The first-order valence-electron chi connectivity index (χ1n) is 11.4. The predicted octanol–water partition coefficient (Wildman–Crippen LogP) is 0.199. The molecule has 11 heteroatoms. The Bertz CT molecular complexity index is 974. The summed E-state index contributed by atoms with van der Waals surface area (Å²) in [5, 5.41) is 5.32. The van der Waals surface area contributed by atoms with Gasteiger partial charge in [0.25, 0.3) is 11.8 Å². The molecule has 2 aliphatic heterocycles. The number of terminal acetylenes is 1. The Balaban J connectivity index is 1.32. The highest BCUT2D eigenvalue weighted by atomic mass is 16.6. The van der Waals surface area contributed by atoms with Crippen molar-refractivity contribution < 1.29 is 38.1 Å². The van der Waals surface area contributed by atoms with Crippen molar-refractivity contribution in [1.29, 1.82) is 0 Å². The Morgan fingerprint density at radius 1 is 0.914 bits per heavy atom. The van der Waals surface area contributed by atoms with Crippen molar-refractivity contribution >= 4 is 29.3 Å². The SMILES string of the molecule is C#CCOCCOCCOCCOCCNc1ccc2c(c1)C(=O)N(C1CCC(=O)NC1=O)C2=O. The van der Waals surface area contributed by atoms with E-state index in [1.54, 1.807) is 18.2 Å². The summed E-state index contributed by atoms with van der Waals surface area (Å²) in [7, 11) is 0. The van der Waals surface area contributed by atoms with Gasteiger partial charge in [-0.25, -0.2) is 0 Å². The molecule has 3 rings (SSSR count).